The zero-order valence-electron chi connectivity index (χ0n) is 9.56. The Kier molecular flexibility index (Phi) is 4.01. The number of halogens is 1. The van der Waals surface area contributed by atoms with Gasteiger partial charge < -0.3 is 5.11 Å². The second-order valence-electron chi connectivity index (χ2n) is 4.37. The van der Waals surface area contributed by atoms with Crippen LogP contribution in [0.5, 0.6) is 0 Å². The quantitative estimate of drug-likeness (QED) is 0.839. The molecule has 1 N–H and O–H groups in total. The fourth-order valence-corrected chi connectivity index (χ4v) is 2.47. The molecule has 0 aliphatic carbocycles. The van der Waals surface area contributed by atoms with Gasteiger partial charge in [0.25, 0.3) is 0 Å². The van der Waals surface area contributed by atoms with Gasteiger partial charge in [0, 0.05) is 17.1 Å². The van der Waals surface area contributed by atoms with Gasteiger partial charge in [0.15, 0.2) is 6.10 Å². The second-order valence-corrected chi connectivity index (χ2v) is 4.78. The van der Waals surface area contributed by atoms with Crippen molar-refractivity contribution in [2.75, 3.05) is 13.1 Å². The predicted molar refractivity (Wildman–Crippen MR) is 66.5 cm³/mol. The molecule has 0 aromatic heterocycles. The van der Waals surface area contributed by atoms with E-state index < -0.39 is 6.10 Å². The molecule has 90 valence electrons. The second kappa shape index (κ2) is 5.50. The molecule has 1 aromatic carbocycles. The first kappa shape index (κ1) is 12.4. The third-order valence-electron chi connectivity index (χ3n) is 3.09. The van der Waals surface area contributed by atoms with Crippen molar-refractivity contribution < 1.29 is 5.11 Å². The van der Waals surface area contributed by atoms with Crippen LogP contribution in [0.15, 0.2) is 18.2 Å². The van der Waals surface area contributed by atoms with Gasteiger partial charge in [0.05, 0.1) is 6.07 Å². The number of likely N-dealkylation sites (tertiary alicyclic amines) is 1. The molecule has 1 aromatic rings. The molecule has 1 aliphatic rings. The Bertz CT molecular complexity index is 436. The maximum absolute atomic E-state index is 9.43. The van der Waals surface area contributed by atoms with Crippen LogP contribution in [0, 0.1) is 11.3 Å². The number of hydrogen-bond acceptors (Lipinski definition) is 3. The van der Waals surface area contributed by atoms with E-state index in [0.29, 0.717) is 10.6 Å². The van der Waals surface area contributed by atoms with Crippen molar-refractivity contribution in [2.45, 2.75) is 25.5 Å². The van der Waals surface area contributed by atoms with Crippen LogP contribution >= 0.6 is 11.6 Å². The van der Waals surface area contributed by atoms with Gasteiger partial charge in [0.2, 0.25) is 0 Å². The summed E-state index contributed by atoms with van der Waals surface area (Å²) in [7, 11) is 0. The molecule has 1 heterocycles. The average molecular weight is 251 g/mol. The van der Waals surface area contributed by atoms with Crippen LogP contribution in [0.25, 0.3) is 0 Å². The van der Waals surface area contributed by atoms with E-state index in [1.54, 1.807) is 12.1 Å². The van der Waals surface area contributed by atoms with E-state index in [2.05, 4.69) is 4.90 Å². The van der Waals surface area contributed by atoms with Crippen molar-refractivity contribution in [1.29, 1.82) is 5.26 Å². The first-order valence-corrected chi connectivity index (χ1v) is 6.17. The molecule has 1 aliphatic heterocycles. The maximum atomic E-state index is 9.43. The summed E-state index contributed by atoms with van der Waals surface area (Å²) in [6.45, 7) is 3.17. The highest BCUT2D eigenvalue weighted by Gasteiger charge is 2.14. The van der Waals surface area contributed by atoms with Crippen molar-refractivity contribution in [1.82, 2.24) is 4.90 Å². The molecular formula is C13H15ClN2O. The molecule has 1 unspecified atom stereocenters. The van der Waals surface area contributed by atoms with Gasteiger partial charge in [-0.2, -0.15) is 5.26 Å². The van der Waals surface area contributed by atoms with Crippen LogP contribution in [-0.4, -0.2) is 23.1 Å². The highest BCUT2D eigenvalue weighted by Crippen LogP contribution is 2.25. The Morgan fingerprint density at radius 3 is 2.71 bits per heavy atom. The summed E-state index contributed by atoms with van der Waals surface area (Å²) >= 11 is 6.06. The molecule has 1 atom stereocenters. The van der Waals surface area contributed by atoms with Gasteiger partial charge in [0.1, 0.15) is 0 Å². The lowest BCUT2D eigenvalue weighted by Gasteiger charge is -2.15. The van der Waals surface area contributed by atoms with Gasteiger partial charge >= 0.3 is 0 Å². The lowest BCUT2D eigenvalue weighted by Crippen LogP contribution is -2.18. The minimum atomic E-state index is -1.14. The van der Waals surface area contributed by atoms with Gasteiger partial charge in [-0.3, -0.25) is 4.90 Å². The zero-order valence-corrected chi connectivity index (χ0v) is 10.3. The lowest BCUT2D eigenvalue weighted by atomic mass is 10.1. The highest BCUT2D eigenvalue weighted by atomic mass is 35.5. The van der Waals surface area contributed by atoms with E-state index in [1.165, 1.54) is 12.8 Å². The summed E-state index contributed by atoms with van der Waals surface area (Å²) in [5.41, 5.74) is 1.62. The third-order valence-corrected chi connectivity index (χ3v) is 3.41. The molecule has 0 amide bonds. The van der Waals surface area contributed by atoms with Crippen molar-refractivity contribution in [2.24, 2.45) is 0 Å². The smallest absolute Gasteiger partial charge is 0.167 e. The standard InChI is InChI=1S/C13H15ClN2O/c14-12-7-10(9-16-5-1-2-6-16)3-4-11(12)13(17)8-15/h3-4,7,13,17H,1-2,5-6,9H2. The lowest BCUT2D eigenvalue weighted by molar-refractivity contribution is 0.236. The summed E-state index contributed by atoms with van der Waals surface area (Å²) in [6.07, 6.45) is 1.39. The molecule has 1 fully saturated rings. The monoisotopic (exact) mass is 250 g/mol. The Labute approximate surface area is 106 Å². The van der Waals surface area contributed by atoms with Crippen LogP contribution < -0.4 is 0 Å². The van der Waals surface area contributed by atoms with Crippen molar-refractivity contribution >= 4 is 11.6 Å². The molecule has 2 rings (SSSR count). The topological polar surface area (TPSA) is 47.3 Å². The minimum Gasteiger partial charge on any atom is -0.374 e. The number of aliphatic hydroxyl groups excluding tert-OH is 1. The molecule has 0 radical (unpaired) electrons. The molecule has 1 saturated heterocycles. The first-order chi connectivity index (χ1) is 8.20. The van der Waals surface area contributed by atoms with E-state index in [-0.39, 0.29) is 0 Å². The number of rotatable bonds is 3. The molecule has 0 bridgehead atoms. The zero-order chi connectivity index (χ0) is 12.3. The number of hydrogen-bond donors (Lipinski definition) is 1. The summed E-state index contributed by atoms with van der Waals surface area (Å²) in [4.78, 5) is 2.38. The molecule has 3 nitrogen and oxygen atoms in total. The summed E-state index contributed by atoms with van der Waals surface area (Å²) in [5, 5.41) is 18.5. The van der Waals surface area contributed by atoms with Crippen LogP contribution in [-0.2, 0) is 6.54 Å². The van der Waals surface area contributed by atoms with Crippen LogP contribution in [0.1, 0.15) is 30.1 Å². The maximum Gasteiger partial charge on any atom is 0.167 e. The summed E-state index contributed by atoms with van der Waals surface area (Å²) in [5.74, 6) is 0. The van der Waals surface area contributed by atoms with Crippen molar-refractivity contribution in [3.8, 4) is 6.07 Å². The number of nitriles is 1. The molecule has 17 heavy (non-hydrogen) atoms. The third kappa shape index (κ3) is 2.98. The molecular weight excluding hydrogens is 236 g/mol. The summed E-state index contributed by atoms with van der Waals surface area (Å²) in [6, 6.07) is 7.29. The Morgan fingerprint density at radius 2 is 2.12 bits per heavy atom. The fraction of sp³-hybridized carbons (Fsp3) is 0.462. The Balaban J connectivity index is 2.10. The molecule has 0 spiro atoms. The van der Waals surface area contributed by atoms with E-state index in [9.17, 15) is 5.11 Å². The van der Waals surface area contributed by atoms with Crippen LogP contribution in [0.2, 0.25) is 5.02 Å². The highest BCUT2D eigenvalue weighted by molar-refractivity contribution is 6.31. The van der Waals surface area contributed by atoms with E-state index in [4.69, 9.17) is 16.9 Å². The minimum absolute atomic E-state index is 0.468. The van der Waals surface area contributed by atoms with Gasteiger partial charge in [-0.15, -0.1) is 0 Å². The normalized spacial score (nSPS) is 17.9. The van der Waals surface area contributed by atoms with E-state index in [0.717, 1.165) is 25.2 Å². The largest absolute Gasteiger partial charge is 0.374 e. The van der Waals surface area contributed by atoms with E-state index in [1.807, 2.05) is 12.1 Å². The average Bonchev–Trinajstić information content (AvgIpc) is 2.81. The first-order valence-electron chi connectivity index (χ1n) is 5.79. The van der Waals surface area contributed by atoms with Crippen molar-refractivity contribution in [3.63, 3.8) is 0 Å². The SMILES string of the molecule is N#CC(O)c1ccc(CN2CCCC2)cc1Cl. The van der Waals surface area contributed by atoms with Crippen LogP contribution in [0.4, 0.5) is 0 Å². The number of aliphatic hydroxyl groups is 1. The molecule has 4 heteroatoms. The van der Waals surface area contributed by atoms with Crippen LogP contribution in [0.3, 0.4) is 0 Å². The summed E-state index contributed by atoms with van der Waals surface area (Å²) < 4.78 is 0. The molecule has 0 saturated carbocycles. The Morgan fingerprint density at radius 1 is 1.41 bits per heavy atom. The van der Waals surface area contributed by atoms with Gasteiger partial charge in [-0.1, -0.05) is 23.7 Å². The van der Waals surface area contributed by atoms with Crippen molar-refractivity contribution in [3.05, 3.63) is 34.3 Å². The Hall–Kier alpha value is -1.08. The predicted octanol–water partition coefficient (Wildman–Crippen LogP) is 2.49. The van der Waals surface area contributed by atoms with E-state index >= 15 is 0 Å². The number of nitrogens with zero attached hydrogens (tertiary/aromatic N) is 2. The number of benzene rings is 1. The fourth-order valence-electron chi connectivity index (χ4n) is 2.16. The van der Waals surface area contributed by atoms with Gasteiger partial charge in [-0.05, 0) is 37.6 Å². The van der Waals surface area contributed by atoms with Gasteiger partial charge in [-0.25, -0.2) is 0 Å².